The minimum absolute atomic E-state index is 0.0619. The molecule has 1 aromatic rings. The fraction of sp³-hybridized carbons (Fsp3) is 0.714. The number of hydrogen-bond acceptors (Lipinski definition) is 3. The molecule has 1 aliphatic heterocycles. The Balaban J connectivity index is 1.99. The fourth-order valence-corrected chi connectivity index (χ4v) is 2.39. The van der Waals surface area contributed by atoms with E-state index in [4.69, 9.17) is 4.74 Å². The molecular weight excluding hydrogens is 242 g/mol. The third-order valence-corrected chi connectivity index (χ3v) is 3.58. The maximum Gasteiger partial charge on any atom is 0.243 e. The minimum Gasteiger partial charge on any atom is -0.381 e. The third kappa shape index (κ3) is 3.35. The van der Waals surface area contributed by atoms with Gasteiger partial charge in [-0.3, -0.25) is 4.79 Å². The van der Waals surface area contributed by atoms with Crippen LogP contribution in [0.15, 0.2) is 12.4 Å². The van der Waals surface area contributed by atoms with Gasteiger partial charge in [-0.15, -0.1) is 0 Å². The number of nitrogens with zero attached hydrogens (tertiary/aromatic N) is 2. The van der Waals surface area contributed by atoms with E-state index in [2.05, 4.69) is 24.1 Å². The first-order chi connectivity index (χ1) is 9.09. The molecule has 5 heteroatoms. The summed E-state index contributed by atoms with van der Waals surface area (Å²) in [5.74, 6) is 1.33. The van der Waals surface area contributed by atoms with E-state index in [0.29, 0.717) is 5.92 Å². The molecule has 0 bridgehead atoms. The molecule has 0 saturated carbocycles. The Bertz CT molecular complexity index is 422. The highest BCUT2D eigenvalue weighted by Gasteiger charge is 2.22. The summed E-state index contributed by atoms with van der Waals surface area (Å²) < 4.78 is 7.26. The molecule has 0 aromatic carbocycles. The van der Waals surface area contributed by atoms with E-state index < -0.39 is 0 Å². The van der Waals surface area contributed by atoms with Crippen molar-refractivity contribution in [3.8, 4) is 0 Å². The van der Waals surface area contributed by atoms with E-state index in [1.165, 1.54) is 0 Å². The number of amides is 1. The van der Waals surface area contributed by atoms with Crippen molar-refractivity contribution in [1.29, 1.82) is 0 Å². The van der Waals surface area contributed by atoms with Crippen molar-refractivity contribution >= 4 is 5.91 Å². The van der Waals surface area contributed by atoms with Gasteiger partial charge in [-0.1, -0.05) is 13.8 Å². The standard InChI is InChI=1S/C14H23N3O2/c1-10(2)13-15-6-7-17(13)11(3)14(18)16-12-4-8-19-9-5-12/h6-7,10-12H,4-5,8-9H2,1-3H3,(H,16,18)/t11-/m0/s1. The summed E-state index contributed by atoms with van der Waals surface area (Å²) in [6.07, 6.45) is 5.44. The summed E-state index contributed by atoms with van der Waals surface area (Å²) in [5.41, 5.74) is 0. The van der Waals surface area contributed by atoms with Gasteiger partial charge in [0.2, 0.25) is 5.91 Å². The molecule has 1 aliphatic rings. The van der Waals surface area contributed by atoms with Gasteiger partial charge in [-0.2, -0.15) is 0 Å². The Morgan fingerprint density at radius 1 is 1.42 bits per heavy atom. The Labute approximate surface area is 114 Å². The predicted molar refractivity (Wildman–Crippen MR) is 73.0 cm³/mol. The maximum absolute atomic E-state index is 12.3. The molecule has 1 atom stereocenters. The molecule has 1 fully saturated rings. The van der Waals surface area contributed by atoms with Crippen LogP contribution in [0.4, 0.5) is 0 Å². The zero-order chi connectivity index (χ0) is 13.8. The van der Waals surface area contributed by atoms with E-state index in [1.807, 2.05) is 17.7 Å². The summed E-state index contributed by atoms with van der Waals surface area (Å²) in [6.45, 7) is 7.56. The van der Waals surface area contributed by atoms with E-state index in [9.17, 15) is 4.79 Å². The Morgan fingerprint density at radius 2 is 2.11 bits per heavy atom. The van der Waals surface area contributed by atoms with Gasteiger partial charge in [-0.25, -0.2) is 4.98 Å². The third-order valence-electron chi connectivity index (χ3n) is 3.58. The van der Waals surface area contributed by atoms with Gasteiger partial charge in [-0.05, 0) is 19.8 Å². The number of carbonyl (C=O) groups excluding carboxylic acids is 1. The van der Waals surface area contributed by atoms with Gasteiger partial charge in [0, 0.05) is 37.6 Å². The van der Waals surface area contributed by atoms with Crippen LogP contribution in [0.5, 0.6) is 0 Å². The molecule has 19 heavy (non-hydrogen) atoms. The zero-order valence-electron chi connectivity index (χ0n) is 11.9. The summed E-state index contributed by atoms with van der Waals surface area (Å²) in [4.78, 5) is 16.6. The van der Waals surface area contributed by atoms with Crippen LogP contribution in [0, 0.1) is 0 Å². The molecule has 106 valence electrons. The summed E-state index contributed by atoms with van der Waals surface area (Å²) in [7, 11) is 0. The Kier molecular flexibility index (Phi) is 4.58. The van der Waals surface area contributed by atoms with E-state index in [0.717, 1.165) is 31.9 Å². The molecular formula is C14H23N3O2. The largest absolute Gasteiger partial charge is 0.381 e. The lowest BCUT2D eigenvalue weighted by Gasteiger charge is -2.25. The normalized spacial score (nSPS) is 18.5. The molecule has 0 radical (unpaired) electrons. The summed E-state index contributed by atoms with van der Waals surface area (Å²) >= 11 is 0. The van der Waals surface area contributed by atoms with Crippen LogP contribution in [0.1, 0.15) is 51.4 Å². The lowest BCUT2D eigenvalue weighted by Crippen LogP contribution is -2.42. The van der Waals surface area contributed by atoms with Crippen molar-refractivity contribution in [3.05, 3.63) is 18.2 Å². The van der Waals surface area contributed by atoms with Crippen molar-refractivity contribution in [2.24, 2.45) is 0 Å². The molecule has 1 amide bonds. The second-order valence-electron chi connectivity index (χ2n) is 5.42. The van der Waals surface area contributed by atoms with Crippen LogP contribution < -0.4 is 5.32 Å². The van der Waals surface area contributed by atoms with Gasteiger partial charge >= 0.3 is 0 Å². The van der Waals surface area contributed by atoms with Gasteiger partial charge < -0.3 is 14.6 Å². The zero-order valence-corrected chi connectivity index (χ0v) is 11.9. The second kappa shape index (κ2) is 6.19. The van der Waals surface area contributed by atoms with Crippen molar-refractivity contribution in [2.45, 2.75) is 51.6 Å². The molecule has 0 aliphatic carbocycles. The predicted octanol–water partition coefficient (Wildman–Crippen LogP) is 1.86. The van der Waals surface area contributed by atoms with Crippen molar-refractivity contribution in [3.63, 3.8) is 0 Å². The molecule has 2 rings (SSSR count). The quantitative estimate of drug-likeness (QED) is 0.904. The topological polar surface area (TPSA) is 56.2 Å². The van der Waals surface area contributed by atoms with Crippen molar-refractivity contribution in [1.82, 2.24) is 14.9 Å². The average molecular weight is 265 g/mol. The molecule has 1 saturated heterocycles. The maximum atomic E-state index is 12.3. The van der Waals surface area contributed by atoms with Crippen LogP contribution in [-0.2, 0) is 9.53 Å². The highest BCUT2D eigenvalue weighted by atomic mass is 16.5. The molecule has 1 aromatic heterocycles. The lowest BCUT2D eigenvalue weighted by atomic mass is 10.1. The van der Waals surface area contributed by atoms with Crippen LogP contribution in [0.3, 0.4) is 0 Å². The first kappa shape index (κ1) is 14.1. The number of ether oxygens (including phenoxy) is 1. The van der Waals surface area contributed by atoms with Gasteiger partial charge in [0.25, 0.3) is 0 Å². The van der Waals surface area contributed by atoms with Crippen molar-refractivity contribution in [2.75, 3.05) is 13.2 Å². The van der Waals surface area contributed by atoms with E-state index >= 15 is 0 Å². The van der Waals surface area contributed by atoms with Gasteiger partial charge in [0.05, 0.1) is 0 Å². The smallest absolute Gasteiger partial charge is 0.243 e. The summed E-state index contributed by atoms with van der Waals surface area (Å²) in [5, 5.41) is 3.11. The van der Waals surface area contributed by atoms with Crippen LogP contribution >= 0.6 is 0 Å². The Morgan fingerprint density at radius 3 is 2.74 bits per heavy atom. The average Bonchev–Trinajstić information content (AvgIpc) is 2.88. The number of rotatable bonds is 4. The SMILES string of the molecule is CC(C)c1nccn1[C@@H](C)C(=O)NC1CCOCC1. The highest BCUT2D eigenvalue weighted by Crippen LogP contribution is 2.18. The number of aromatic nitrogens is 2. The number of carbonyl (C=O) groups is 1. The first-order valence-corrected chi connectivity index (χ1v) is 7.00. The van der Waals surface area contributed by atoms with Gasteiger partial charge in [0.1, 0.15) is 11.9 Å². The number of hydrogen-bond donors (Lipinski definition) is 1. The highest BCUT2D eigenvalue weighted by molar-refractivity contribution is 5.80. The molecule has 5 nitrogen and oxygen atoms in total. The van der Waals surface area contributed by atoms with Crippen molar-refractivity contribution < 1.29 is 9.53 Å². The van der Waals surface area contributed by atoms with Crippen LogP contribution in [0.25, 0.3) is 0 Å². The summed E-state index contributed by atoms with van der Waals surface area (Å²) in [6, 6.07) is 0.0254. The van der Waals surface area contributed by atoms with E-state index in [-0.39, 0.29) is 18.0 Å². The monoisotopic (exact) mass is 265 g/mol. The lowest BCUT2D eigenvalue weighted by molar-refractivity contribution is -0.125. The van der Waals surface area contributed by atoms with Crippen LogP contribution in [0.2, 0.25) is 0 Å². The fourth-order valence-electron chi connectivity index (χ4n) is 2.39. The molecule has 0 unspecified atom stereocenters. The molecule has 2 heterocycles. The van der Waals surface area contributed by atoms with Gasteiger partial charge in [0.15, 0.2) is 0 Å². The van der Waals surface area contributed by atoms with Crippen LogP contribution in [-0.4, -0.2) is 34.7 Å². The molecule has 1 N–H and O–H groups in total. The first-order valence-electron chi connectivity index (χ1n) is 7.00. The second-order valence-corrected chi connectivity index (χ2v) is 5.42. The number of nitrogens with one attached hydrogen (secondary N) is 1. The van der Waals surface area contributed by atoms with E-state index in [1.54, 1.807) is 6.20 Å². The number of imidazole rings is 1. The molecule has 0 spiro atoms. The Hall–Kier alpha value is -1.36. The minimum atomic E-state index is -0.220.